The van der Waals surface area contributed by atoms with Gasteiger partial charge in [-0.3, -0.25) is 4.79 Å². The average Bonchev–Trinajstić information content (AvgIpc) is 2.39. The second-order valence-electron chi connectivity index (χ2n) is 4.51. The summed E-state index contributed by atoms with van der Waals surface area (Å²) < 4.78 is 22.8. The van der Waals surface area contributed by atoms with Crippen molar-refractivity contribution in [2.75, 3.05) is 5.32 Å². The van der Waals surface area contributed by atoms with Crippen LogP contribution in [0.2, 0.25) is 5.02 Å². The molecule has 0 spiro atoms. The van der Waals surface area contributed by atoms with Crippen LogP contribution in [-0.4, -0.2) is 14.3 Å². The van der Waals surface area contributed by atoms with E-state index in [2.05, 4.69) is 5.32 Å². The number of aryl methyl sites for hydroxylation is 1. The average molecular weight is 325 g/mol. The van der Waals surface area contributed by atoms with Gasteiger partial charge in [-0.2, -0.15) is 0 Å². The summed E-state index contributed by atoms with van der Waals surface area (Å²) in [5, 5.41) is 8.11. The highest BCUT2D eigenvalue weighted by Gasteiger charge is 2.14. The molecule has 0 radical (unpaired) electrons. The van der Waals surface area contributed by atoms with E-state index in [0.29, 0.717) is 16.3 Å². The molecule has 3 N–H and O–H groups in total. The van der Waals surface area contributed by atoms with Crippen LogP contribution >= 0.6 is 11.6 Å². The van der Waals surface area contributed by atoms with E-state index >= 15 is 0 Å². The van der Waals surface area contributed by atoms with Crippen LogP contribution in [0.4, 0.5) is 5.69 Å². The molecule has 0 fully saturated rings. The van der Waals surface area contributed by atoms with E-state index in [9.17, 15) is 13.2 Å². The largest absolute Gasteiger partial charge is 0.321 e. The summed E-state index contributed by atoms with van der Waals surface area (Å²) in [6.45, 7) is 1.68. The van der Waals surface area contributed by atoms with Crippen molar-refractivity contribution < 1.29 is 13.2 Å². The lowest BCUT2D eigenvalue weighted by molar-refractivity contribution is 0.102. The zero-order valence-electron chi connectivity index (χ0n) is 11.1. The molecule has 0 aliphatic heterocycles. The van der Waals surface area contributed by atoms with Gasteiger partial charge in [0, 0.05) is 5.56 Å². The Bertz CT molecular complexity index is 804. The molecule has 110 valence electrons. The number of carbonyl (C=O) groups excluding carboxylic acids is 1. The molecule has 0 saturated carbocycles. The topological polar surface area (TPSA) is 89.3 Å². The lowest BCUT2D eigenvalue weighted by atomic mass is 10.1. The Kier molecular flexibility index (Phi) is 4.32. The van der Waals surface area contributed by atoms with Gasteiger partial charge in [-0.15, -0.1) is 0 Å². The number of amides is 1. The van der Waals surface area contributed by atoms with Crippen LogP contribution in [0.3, 0.4) is 0 Å². The normalized spacial score (nSPS) is 11.2. The standard InChI is InChI=1S/C14H13ClN2O3S/c1-9-6-10(8-11(7-9)21(16,19)20)14(18)17-13-5-3-2-4-12(13)15/h2-8H,1H3,(H,17,18)(H2,16,19,20). The molecule has 0 saturated heterocycles. The van der Waals surface area contributed by atoms with Crippen molar-refractivity contribution in [3.05, 3.63) is 58.6 Å². The molecule has 7 heteroatoms. The van der Waals surface area contributed by atoms with Crippen molar-refractivity contribution in [3.8, 4) is 0 Å². The molecule has 0 atom stereocenters. The van der Waals surface area contributed by atoms with E-state index in [1.807, 2.05) is 0 Å². The van der Waals surface area contributed by atoms with E-state index in [-0.39, 0.29) is 10.5 Å². The number of anilines is 1. The molecule has 0 heterocycles. The summed E-state index contributed by atoms with van der Waals surface area (Å²) in [5.74, 6) is -0.461. The second-order valence-corrected chi connectivity index (χ2v) is 6.48. The van der Waals surface area contributed by atoms with Crippen LogP contribution in [0.5, 0.6) is 0 Å². The molecule has 0 aliphatic rings. The number of primary sulfonamides is 1. The Labute approximate surface area is 127 Å². The van der Waals surface area contributed by atoms with Crippen molar-refractivity contribution in [1.82, 2.24) is 0 Å². The smallest absolute Gasteiger partial charge is 0.255 e. The molecule has 5 nitrogen and oxygen atoms in total. The SMILES string of the molecule is Cc1cc(C(=O)Nc2ccccc2Cl)cc(S(N)(=O)=O)c1. The Morgan fingerprint density at radius 3 is 2.48 bits per heavy atom. The number of nitrogens with two attached hydrogens (primary N) is 1. The zero-order chi connectivity index (χ0) is 15.6. The Morgan fingerprint density at radius 2 is 1.86 bits per heavy atom. The summed E-state index contributed by atoms with van der Waals surface area (Å²) >= 11 is 5.96. The summed E-state index contributed by atoms with van der Waals surface area (Å²) in [5.41, 5.74) is 1.26. The second kappa shape index (κ2) is 5.85. The van der Waals surface area contributed by atoms with Crippen LogP contribution in [0.25, 0.3) is 0 Å². The minimum Gasteiger partial charge on any atom is -0.321 e. The fraction of sp³-hybridized carbons (Fsp3) is 0.0714. The lowest BCUT2D eigenvalue weighted by Crippen LogP contribution is -2.16. The van der Waals surface area contributed by atoms with Gasteiger partial charge in [-0.05, 0) is 42.8 Å². The van der Waals surface area contributed by atoms with Crippen LogP contribution < -0.4 is 10.5 Å². The van der Waals surface area contributed by atoms with Crippen LogP contribution in [0, 0.1) is 6.92 Å². The number of carbonyl (C=O) groups is 1. The minimum atomic E-state index is -3.87. The molecule has 2 aromatic rings. The molecule has 0 aromatic heterocycles. The predicted octanol–water partition coefficient (Wildman–Crippen LogP) is 2.55. The fourth-order valence-electron chi connectivity index (χ4n) is 1.80. The third-order valence-corrected chi connectivity index (χ3v) is 3.99. The van der Waals surface area contributed by atoms with Crippen molar-refractivity contribution in [2.24, 2.45) is 5.14 Å². The molecule has 1 amide bonds. The summed E-state index contributed by atoms with van der Waals surface area (Å²) in [6, 6.07) is 11.0. The number of sulfonamides is 1. The van der Waals surface area contributed by atoms with Gasteiger partial charge >= 0.3 is 0 Å². The first-order valence-electron chi connectivity index (χ1n) is 5.98. The van der Waals surface area contributed by atoms with E-state index in [0.717, 1.165) is 0 Å². The van der Waals surface area contributed by atoms with Crippen molar-refractivity contribution >= 4 is 33.2 Å². The molecule has 21 heavy (non-hydrogen) atoms. The quantitative estimate of drug-likeness (QED) is 0.909. The fourth-order valence-corrected chi connectivity index (χ4v) is 2.62. The van der Waals surface area contributed by atoms with Gasteiger partial charge in [-0.25, -0.2) is 13.6 Å². The van der Waals surface area contributed by atoms with Crippen LogP contribution in [-0.2, 0) is 10.0 Å². The molecule has 0 bridgehead atoms. The zero-order valence-corrected chi connectivity index (χ0v) is 12.7. The number of benzene rings is 2. The van der Waals surface area contributed by atoms with Gasteiger partial charge < -0.3 is 5.32 Å². The number of rotatable bonds is 3. The molecular weight excluding hydrogens is 312 g/mol. The summed E-state index contributed by atoms with van der Waals surface area (Å²) in [7, 11) is -3.87. The Morgan fingerprint density at radius 1 is 1.19 bits per heavy atom. The first-order valence-corrected chi connectivity index (χ1v) is 7.90. The van der Waals surface area contributed by atoms with Crippen LogP contribution in [0.15, 0.2) is 47.4 Å². The monoisotopic (exact) mass is 324 g/mol. The third-order valence-electron chi connectivity index (χ3n) is 2.76. The number of para-hydroxylation sites is 1. The van der Waals surface area contributed by atoms with E-state index in [1.165, 1.54) is 12.1 Å². The van der Waals surface area contributed by atoms with Gasteiger partial charge in [0.25, 0.3) is 5.91 Å². The van der Waals surface area contributed by atoms with Crippen molar-refractivity contribution in [2.45, 2.75) is 11.8 Å². The van der Waals surface area contributed by atoms with Gasteiger partial charge in [0.05, 0.1) is 15.6 Å². The number of hydrogen-bond donors (Lipinski definition) is 2. The van der Waals surface area contributed by atoms with Gasteiger partial charge in [-0.1, -0.05) is 23.7 Å². The Balaban J connectivity index is 2.36. The number of nitrogens with one attached hydrogen (secondary N) is 1. The minimum absolute atomic E-state index is 0.105. The first kappa shape index (κ1) is 15.5. The summed E-state index contributed by atoms with van der Waals surface area (Å²) in [6.07, 6.45) is 0. The van der Waals surface area contributed by atoms with E-state index in [1.54, 1.807) is 37.3 Å². The predicted molar refractivity (Wildman–Crippen MR) is 82.0 cm³/mol. The summed E-state index contributed by atoms with van der Waals surface area (Å²) in [4.78, 5) is 12.1. The first-order chi connectivity index (χ1) is 9.77. The molecule has 2 rings (SSSR count). The molecule has 2 aromatic carbocycles. The van der Waals surface area contributed by atoms with Gasteiger partial charge in [0.1, 0.15) is 0 Å². The third kappa shape index (κ3) is 3.81. The maximum atomic E-state index is 12.2. The maximum Gasteiger partial charge on any atom is 0.255 e. The van der Waals surface area contributed by atoms with Gasteiger partial charge in [0.2, 0.25) is 10.0 Å². The van der Waals surface area contributed by atoms with Crippen molar-refractivity contribution in [3.63, 3.8) is 0 Å². The van der Waals surface area contributed by atoms with Gasteiger partial charge in [0.15, 0.2) is 0 Å². The number of halogens is 1. The van der Waals surface area contributed by atoms with E-state index in [4.69, 9.17) is 16.7 Å². The Hall–Kier alpha value is -1.89. The molecule has 0 unspecified atom stereocenters. The number of hydrogen-bond acceptors (Lipinski definition) is 3. The highest BCUT2D eigenvalue weighted by molar-refractivity contribution is 7.89. The highest BCUT2D eigenvalue weighted by atomic mass is 35.5. The maximum absolute atomic E-state index is 12.2. The van der Waals surface area contributed by atoms with Crippen LogP contribution in [0.1, 0.15) is 15.9 Å². The lowest BCUT2D eigenvalue weighted by Gasteiger charge is -2.09. The molecule has 0 aliphatic carbocycles. The molecular formula is C14H13ClN2O3S. The highest BCUT2D eigenvalue weighted by Crippen LogP contribution is 2.22. The van der Waals surface area contributed by atoms with Crippen molar-refractivity contribution in [1.29, 1.82) is 0 Å². The van der Waals surface area contributed by atoms with E-state index < -0.39 is 15.9 Å².